The van der Waals surface area contributed by atoms with Crippen molar-refractivity contribution < 1.29 is 14.3 Å². The fourth-order valence-electron chi connectivity index (χ4n) is 3.85. The number of carbonyl (C=O) groups excluding carboxylic acids is 1. The zero-order valence-electron chi connectivity index (χ0n) is 16.4. The molecule has 2 aliphatic rings. The molecule has 0 saturated carbocycles. The van der Waals surface area contributed by atoms with Crippen LogP contribution in [0.4, 0.5) is 0 Å². The zero-order chi connectivity index (χ0) is 19.5. The maximum atomic E-state index is 13.4. The minimum atomic E-state index is -0.174. The van der Waals surface area contributed by atoms with E-state index in [9.17, 15) is 4.79 Å². The Labute approximate surface area is 170 Å². The summed E-state index contributed by atoms with van der Waals surface area (Å²) in [7, 11) is 0. The van der Waals surface area contributed by atoms with E-state index in [4.69, 9.17) is 9.47 Å². The van der Waals surface area contributed by atoms with E-state index in [-0.39, 0.29) is 12.0 Å². The lowest BCUT2D eigenvalue weighted by molar-refractivity contribution is 0.0424. The van der Waals surface area contributed by atoms with Gasteiger partial charge < -0.3 is 14.4 Å². The molecule has 2 aromatic rings. The number of thiazole rings is 1. The molecule has 1 aromatic carbocycles. The molecule has 28 heavy (non-hydrogen) atoms. The third-order valence-electron chi connectivity index (χ3n) is 5.23. The van der Waals surface area contributed by atoms with Crippen LogP contribution >= 0.6 is 11.3 Å². The minimum absolute atomic E-state index is 0.0557. The summed E-state index contributed by atoms with van der Waals surface area (Å²) in [4.78, 5) is 20.5. The van der Waals surface area contributed by atoms with E-state index >= 15 is 0 Å². The first-order valence-electron chi connectivity index (χ1n) is 9.87. The molecule has 0 N–H and O–H groups in total. The molecule has 2 heterocycles. The number of rotatable bonds is 5. The number of hydrogen-bond donors (Lipinski definition) is 0. The number of hydrogen-bond acceptors (Lipinski definition) is 5. The molecule has 6 heteroatoms. The molecule has 1 aromatic heterocycles. The number of fused-ring (bicyclic) bond motifs is 1. The highest BCUT2D eigenvalue weighted by Crippen LogP contribution is 2.31. The Bertz CT molecular complexity index is 876. The normalized spacial score (nSPS) is 20.8. The molecule has 0 saturated heterocycles. The lowest BCUT2D eigenvalue weighted by Crippen LogP contribution is -2.45. The molecular formula is C22H26N2O3S. The standard InChI is InChI=1S/C22H26N2O3S/c1-15-21(28-16(2)23-15)22(25)24(12-17-8-4-3-5-9-17)13-18-14-26-19-10-6-7-11-20(19)27-18/h3-4,6-7,10-11,17-18H,5,8-9,12-14H2,1-2H3/t17-,18-/m0/s1. The highest BCUT2D eigenvalue weighted by Gasteiger charge is 2.29. The van der Waals surface area contributed by atoms with Crippen LogP contribution in [0.1, 0.15) is 39.6 Å². The van der Waals surface area contributed by atoms with Crippen LogP contribution in [0.25, 0.3) is 0 Å². The number of nitrogens with zero attached hydrogens (tertiary/aromatic N) is 2. The second-order valence-electron chi connectivity index (χ2n) is 7.51. The van der Waals surface area contributed by atoms with Crippen LogP contribution in [0.3, 0.4) is 0 Å². The number of amides is 1. The predicted molar refractivity (Wildman–Crippen MR) is 110 cm³/mol. The van der Waals surface area contributed by atoms with Crippen molar-refractivity contribution in [1.29, 1.82) is 0 Å². The predicted octanol–water partition coefficient (Wildman–Crippen LogP) is 4.40. The largest absolute Gasteiger partial charge is 0.486 e. The smallest absolute Gasteiger partial charge is 0.265 e. The van der Waals surface area contributed by atoms with Gasteiger partial charge in [0.1, 0.15) is 11.5 Å². The number of aromatic nitrogens is 1. The van der Waals surface area contributed by atoms with Gasteiger partial charge in [0.2, 0.25) is 0 Å². The van der Waals surface area contributed by atoms with Crippen LogP contribution in [0, 0.1) is 19.8 Å². The molecule has 2 atom stereocenters. The van der Waals surface area contributed by atoms with Gasteiger partial charge in [-0.3, -0.25) is 4.79 Å². The number of allylic oxidation sites excluding steroid dienone is 2. The van der Waals surface area contributed by atoms with E-state index in [0.717, 1.165) is 52.9 Å². The first-order chi connectivity index (χ1) is 13.6. The summed E-state index contributed by atoms with van der Waals surface area (Å²) in [5, 5.41) is 0.924. The molecule has 0 unspecified atom stereocenters. The van der Waals surface area contributed by atoms with Gasteiger partial charge in [-0.2, -0.15) is 0 Å². The maximum Gasteiger partial charge on any atom is 0.265 e. The maximum absolute atomic E-state index is 13.4. The van der Waals surface area contributed by atoms with Gasteiger partial charge in [-0.15, -0.1) is 11.3 Å². The van der Waals surface area contributed by atoms with Gasteiger partial charge in [0.25, 0.3) is 5.91 Å². The summed E-state index contributed by atoms with van der Waals surface area (Å²) in [6, 6.07) is 7.69. The first-order valence-corrected chi connectivity index (χ1v) is 10.7. The lowest BCUT2D eigenvalue weighted by atomic mass is 9.93. The number of benzene rings is 1. The molecule has 0 fully saturated rings. The molecule has 1 aliphatic carbocycles. The van der Waals surface area contributed by atoms with E-state index in [2.05, 4.69) is 17.1 Å². The number of aryl methyl sites for hydroxylation is 2. The first kappa shape index (κ1) is 19.0. The second kappa shape index (κ2) is 8.35. The Morgan fingerprint density at radius 1 is 1.21 bits per heavy atom. The summed E-state index contributed by atoms with van der Waals surface area (Å²) in [6.45, 7) is 5.56. The Balaban J connectivity index is 1.52. The van der Waals surface area contributed by atoms with Crippen LogP contribution in [0.5, 0.6) is 11.5 Å². The summed E-state index contributed by atoms with van der Waals surface area (Å²) >= 11 is 1.48. The van der Waals surface area contributed by atoms with E-state index in [1.165, 1.54) is 11.3 Å². The molecule has 0 bridgehead atoms. The van der Waals surface area contributed by atoms with Crippen molar-refractivity contribution in [2.45, 2.75) is 39.2 Å². The minimum Gasteiger partial charge on any atom is -0.486 e. The van der Waals surface area contributed by atoms with Gasteiger partial charge in [-0.25, -0.2) is 4.98 Å². The van der Waals surface area contributed by atoms with E-state index < -0.39 is 0 Å². The lowest BCUT2D eigenvalue weighted by Gasteiger charge is -2.33. The highest BCUT2D eigenvalue weighted by molar-refractivity contribution is 7.13. The fourth-order valence-corrected chi connectivity index (χ4v) is 4.73. The van der Waals surface area contributed by atoms with Crippen LogP contribution in [-0.4, -0.2) is 41.6 Å². The zero-order valence-corrected chi connectivity index (χ0v) is 17.2. The Hall–Kier alpha value is -2.34. The van der Waals surface area contributed by atoms with Gasteiger partial charge in [-0.05, 0) is 51.2 Å². The van der Waals surface area contributed by atoms with E-state index in [1.807, 2.05) is 43.0 Å². The van der Waals surface area contributed by atoms with Gasteiger partial charge >= 0.3 is 0 Å². The molecule has 5 nitrogen and oxygen atoms in total. The third kappa shape index (κ3) is 4.22. The van der Waals surface area contributed by atoms with Gasteiger partial charge in [-0.1, -0.05) is 24.3 Å². The van der Waals surface area contributed by atoms with Crippen LogP contribution < -0.4 is 9.47 Å². The van der Waals surface area contributed by atoms with Crippen molar-refractivity contribution in [2.75, 3.05) is 19.7 Å². The highest BCUT2D eigenvalue weighted by atomic mass is 32.1. The molecule has 1 aliphatic heterocycles. The fraction of sp³-hybridized carbons (Fsp3) is 0.455. The Morgan fingerprint density at radius 2 is 2.04 bits per heavy atom. The quantitative estimate of drug-likeness (QED) is 0.701. The Kier molecular flexibility index (Phi) is 5.67. The summed E-state index contributed by atoms with van der Waals surface area (Å²) in [5.41, 5.74) is 0.812. The summed E-state index contributed by atoms with van der Waals surface area (Å²) < 4.78 is 12.0. The van der Waals surface area contributed by atoms with Crippen LogP contribution in [0.2, 0.25) is 0 Å². The molecule has 148 valence electrons. The number of ether oxygens (including phenoxy) is 2. The van der Waals surface area contributed by atoms with Gasteiger partial charge in [0, 0.05) is 6.54 Å². The van der Waals surface area contributed by atoms with Crippen LogP contribution in [-0.2, 0) is 0 Å². The van der Waals surface area contributed by atoms with Crippen molar-refractivity contribution in [1.82, 2.24) is 9.88 Å². The average Bonchev–Trinajstić information content (AvgIpc) is 3.05. The van der Waals surface area contributed by atoms with Crippen molar-refractivity contribution in [3.63, 3.8) is 0 Å². The van der Waals surface area contributed by atoms with Crippen molar-refractivity contribution in [3.05, 3.63) is 52.0 Å². The van der Waals surface area contributed by atoms with Crippen molar-refractivity contribution >= 4 is 17.2 Å². The molecular weight excluding hydrogens is 372 g/mol. The van der Waals surface area contributed by atoms with Gasteiger partial charge in [0.15, 0.2) is 17.6 Å². The average molecular weight is 399 g/mol. The van der Waals surface area contributed by atoms with Gasteiger partial charge in [0.05, 0.1) is 17.2 Å². The molecule has 1 amide bonds. The number of carbonyl (C=O) groups is 1. The van der Waals surface area contributed by atoms with Crippen LogP contribution in [0.15, 0.2) is 36.4 Å². The monoisotopic (exact) mass is 398 g/mol. The SMILES string of the molecule is Cc1nc(C)c(C(=O)N(C[C@H]2CC=CCC2)C[C@H]2COc3ccccc3O2)s1. The molecule has 4 rings (SSSR count). The summed E-state index contributed by atoms with van der Waals surface area (Å²) in [6.07, 6.45) is 7.51. The summed E-state index contributed by atoms with van der Waals surface area (Å²) in [5.74, 6) is 2.06. The Morgan fingerprint density at radius 3 is 2.75 bits per heavy atom. The van der Waals surface area contributed by atoms with Crippen molar-refractivity contribution in [2.24, 2.45) is 5.92 Å². The van der Waals surface area contributed by atoms with E-state index in [1.54, 1.807) is 0 Å². The van der Waals surface area contributed by atoms with Crippen molar-refractivity contribution in [3.8, 4) is 11.5 Å². The number of para-hydroxylation sites is 2. The molecule has 0 radical (unpaired) electrons. The second-order valence-corrected chi connectivity index (χ2v) is 8.71. The van der Waals surface area contributed by atoms with E-state index in [0.29, 0.717) is 19.1 Å². The topological polar surface area (TPSA) is 51.7 Å². The molecule has 0 spiro atoms. The third-order valence-corrected chi connectivity index (χ3v) is 6.29.